The average Bonchev–Trinajstić information content (AvgIpc) is 3.91. The Labute approximate surface area is 415 Å². The van der Waals surface area contributed by atoms with E-state index in [1.807, 2.05) is 35.3 Å². The maximum atomic E-state index is 14.2. The van der Waals surface area contributed by atoms with Crippen molar-refractivity contribution in [1.29, 1.82) is 0 Å². The summed E-state index contributed by atoms with van der Waals surface area (Å²) in [5.74, 6) is -0.302. The van der Waals surface area contributed by atoms with E-state index in [0.717, 1.165) is 118 Å². The van der Waals surface area contributed by atoms with Crippen molar-refractivity contribution < 1.29 is 17.6 Å². The summed E-state index contributed by atoms with van der Waals surface area (Å²) < 4.78 is 58.7. The van der Waals surface area contributed by atoms with Crippen molar-refractivity contribution in [2.75, 3.05) is 4.90 Å². The SMILES string of the molecule is C=Cc1ccc(-c2ccc3c(c2)c2cc(-c4ccc(N(c5ccc(C(F)(F)F)cc5)c5ccc6c(c5)C(c5ccccc5)(c5ccc(C=C)cc5)c5ccccc5-6)cc4)ccc2n3-c2ccc(F)cc2)cc1. The van der Waals surface area contributed by atoms with E-state index >= 15 is 0 Å². The molecule has 0 radical (unpaired) electrons. The summed E-state index contributed by atoms with van der Waals surface area (Å²) >= 11 is 0. The second-order valence-electron chi connectivity index (χ2n) is 18.2. The van der Waals surface area contributed by atoms with Crippen molar-refractivity contribution in [3.05, 3.63) is 288 Å². The highest BCUT2D eigenvalue weighted by molar-refractivity contribution is 6.11. The third-order valence-corrected chi connectivity index (χ3v) is 14.3. The molecular weight excluding hydrogens is 897 g/mol. The largest absolute Gasteiger partial charge is 0.416 e. The lowest BCUT2D eigenvalue weighted by Crippen LogP contribution is -2.28. The lowest BCUT2D eigenvalue weighted by Gasteiger charge is -2.35. The van der Waals surface area contributed by atoms with Gasteiger partial charge in [-0.2, -0.15) is 13.2 Å². The van der Waals surface area contributed by atoms with Crippen LogP contribution in [0.1, 0.15) is 38.9 Å². The van der Waals surface area contributed by atoms with Gasteiger partial charge in [0.1, 0.15) is 5.82 Å². The zero-order valence-electron chi connectivity index (χ0n) is 38.9. The van der Waals surface area contributed by atoms with Crippen molar-refractivity contribution >= 4 is 51.0 Å². The second-order valence-corrected chi connectivity index (χ2v) is 18.2. The average molecular weight is 941 g/mol. The molecule has 1 atom stereocenters. The molecule has 346 valence electrons. The van der Waals surface area contributed by atoms with Gasteiger partial charge in [-0.05, 0) is 164 Å². The summed E-state index contributed by atoms with van der Waals surface area (Å²) in [6, 6.07) is 75.3. The maximum absolute atomic E-state index is 14.2. The van der Waals surface area contributed by atoms with Crippen molar-refractivity contribution in [2.45, 2.75) is 11.6 Å². The normalized spacial score (nSPS) is 14.0. The van der Waals surface area contributed by atoms with Gasteiger partial charge in [-0.1, -0.05) is 159 Å². The number of hydrogen-bond acceptors (Lipinski definition) is 1. The van der Waals surface area contributed by atoms with Gasteiger partial charge in [0.05, 0.1) is 22.0 Å². The van der Waals surface area contributed by atoms with E-state index < -0.39 is 17.2 Å². The molecule has 1 aliphatic rings. The van der Waals surface area contributed by atoms with E-state index in [4.69, 9.17) is 0 Å². The van der Waals surface area contributed by atoms with Crippen LogP contribution in [0, 0.1) is 5.82 Å². The number of benzene rings is 10. The summed E-state index contributed by atoms with van der Waals surface area (Å²) in [7, 11) is 0. The van der Waals surface area contributed by atoms with Crippen molar-refractivity contribution in [2.24, 2.45) is 0 Å². The van der Waals surface area contributed by atoms with Gasteiger partial charge >= 0.3 is 6.18 Å². The molecule has 6 heteroatoms. The predicted molar refractivity (Wildman–Crippen MR) is 289 cm³/mol. The molecule has 0 bridgehead atoms. The molecule has 0 spiro atoms. The predicted octanol–water partition coefficient (Wildman–Crippen LogP) is 18.4. The molecule has 1 heterocycles. The van der Waals surface area contributed by atoms with Crippen LogP contribution in [0.3, 0.4) is 0 Å². The summed E-state index contributed by atoms with van der Waals surface area (Å²) in [5, 5.41) is 2.08. The molecule has 0 amide bonds. The Hall–Kier alpha value is -9.00. The third-order valence-electron chi connectivity index (χ3n) is 14.3. The topological polar surface area (TPSA) is 8.17 Å². The highest BCUT2D eigenvalue weighted by Gasteiger charge is 2.46. The van der Waals surface area contributed by atoms with Crippen LogP contribution in [0.4, 0.5) is 34.6 Å². The first-order valence-corrected chi connectivity index (χ1v) is 23.8. The first-order valence-electron chi connectivity index (χ1n) is 23.8. The minimum absolute atomic E-state index is 0.302. The molecule has 10 aromatic carbocycles. The minimum Gasteiger partial charge on any atom is -0.310 e. The molecule has 0 fully saturated rings. The fraction of sp³-hybridized carbons (Fsp3) is 0.0303. The number of fused-ring (bicyclic) bond motifs is 6. The van der Waals surface area contributed by atoms with Crippen LogP contribution in [0.25, 0.3) is 73.0 Å². The van der Waals surface area contributed by atoms with Gasteiger partial charge in [0, 0.05) is 33.5 Å². The lowest BCUT2D eigenvalue weighted by molar-refractivity contribution is -0.137. The molecule has 0 N–H and O–H groups in total. The quantitative estimate of drug-likeness (QED) is 0.124. The van der Waals surface area contributed by atoms with Gasteiger partial charge in [-0.25, -0.2) is 4.39 Å². The summed E-state index contributed by atoms with van der Waals surface area (Å²) in [6.45, 7) is 7.92. The van der Waals surface area contributed by atoms with Crippen LogP contribution in [0.15, 0.2) is 244 Å². The van der Waals surface area contributed by atoms with Crippen molar-refractivity contribution in [1.82, 2.24) is 4.57 Å². The van der Waals surface area contributed by atoms with E-state index in [-0.39, 0.29) is 5.82 Å². The zero-order chi connectivity index (χ0) is 49.1. The smallest absolute Gasteiger partial charge is 0.310 e. The summed E-state index contributed by atoms with van der Waals surface area (Å²) in [5.41, 5.74) is 16.3. The number of aromatic nitrogens is 1. The molecule has 72 heavy (non-hydrogen) atoms. The monoisotopic (exact) mass is 940 g/mol. The van der Waals surface area contributed by atoms with Gasteiger partial charge in [-0.15, -0.1) is 0 Å². The number of rotatable bonds is 10. The van der Waals surface area contributed by atoms with Gasteiger partial charge in [-0.3, -0.25) is 0 Å². The number of halogens is 4. The first-order chi connectivity index (χ1) is 35.1. The zero-order valence-corrected chi connectivity index (χ0v) is 38.9. The van der Waals surface area contributed by atoms with Gasteiger partial charge in [0.25, 0.3) is 0 Å². The molecule has 0 aliphatic heterocycles. The molecule has 0 saturated heterocycles. The van der Waals surface area contributed by atoms with Crippen LogP contribution in [-0.4, -0.2) is 4.57 Å². The molecule has 1 aliphatic carbocycles. The molecule has 11 aromatic rings. The molecular formula is C66H44F4N2. The van der Waals surface area contributed by atoms with Crippen LogP contribution >= 0.6 is 0 Å². The summed E-state index contributed by atoms with van der Waals surface area (Å²) in [6.07, 6.45) is -0.822. The van der Waals surface area contributed by atoms with Gasteiger partial charge < -0.3 is 9.47 Å². The molecule has 12 rings (SSSR count). The van der Waals surface area contributed by atoms with E-state index in [1.54, 1.807) is 24.3 Å². The third kappa shape index (κ3) is 7.34. The fourth-order valence-corrected chi connectivity index (χ4v) is 10.9. The Balaban J connectivity index is 1.01. The van der Waals surface area contributed by atoms with E-state index in [0.29, 0.717) is 5.69 Å². The number of nitrogens with zero attached hydrogens (tertiary/aromatic N) is 2. The highest BCUT2D eigenvalue weighted by Crippen LogP contribution is 2.57. The van der Waals surface area contributed by atoms with Crippen LogP contribution in [0.2, 0.25) is 0 Å². The minimum atomic E-state index is -4.49. The lowest BCUT2D eigenvalue weighted by atomic mass is 9.67. The highest BCUT2D eigenvalue weighted by atomic mass is 19.4. The van der Waals surface area contributed by atoms with Gasteiger partial charge in [0.2, 0.25) is 0 Å². The Morgan fingerprint density at radius 2 is 0.917 bits per heavy atom. The molecule has 2 nitrogen and oxygen atoms in total. The van der Waals surface area contributed by atoms with Gasteiger partial charge in [0.15, 0.2) is 0 Å². The first kappa shape index (κ1) is 44.2. The number of hydrogen-bond donors (Lipinski definition) is 0. The van der Waals surface area contributed by atoms with Crippen LogP contribution in [-0.2, 0) is 11.6 Å². The molecule has 0 saturated carbocycles. The van der Waals surface area contributed by atoms with Crippen molar-refractivity contribution in [3.8, 4) is 39.1 Å². The van der Waals surface area contributed by atoms with E-state index in [9.17, 15) is 17.6 Å². The molecule has 1 aromatic heterocycles. The fourth-order valence-electron chi connectivity index (χ4n) is 10.9. The van der Waals surface area contributed by atoms with Crippen molar-refractivity contribution in [3.63, 3.8) is 0 Å². The summed E-state index contributed by atoms with van der Waals surface area (Å²) in [4.78, 5) is 2.03. The Morgan fingerprint density at radius 1 is 0.431 bits per heavy atom. The Morgan fingerprint density at radius 3 is 1.50 bits per heavy atom. The van der Waals surface area contributed by atoms with Crippen LogP contribution < -0.4 is 4.90 Å². The number of anilines is 3. The Kier molecular flexibility index (Phi) is 10.7. The molecule has 1 unspecified atom stereocenters. The maximum Gasteiger partial charge on any atom is 0.416 e. The standard InChI is InChI=1S/C66H44F4N2/c1-3-43-14-18-45(19-15-43)47-22-38-63-59(40-47)60-41-48(23-39-64(60)72(63)55-34-28-52(67)29-35-55)46-20-30-53(31-21-46)71(54-32-26-51(27-33-54)66(68,69)70)56-36-37-58-57-12-8-9-13-61(57)65(62(58)42-56,49-10-6-5-7-11-49)50-24-16-44(4-2)17-25-50/h3-42H,1-2H2. The second kappa shape index (κ2) is 17.4. The Bertz CT molecular complexity index is 3850. The van der Waals surface area contributed by atoms with E-state index in [1.165, 1.54) is 12.1 Å². The number of alkyl halides is 3. The van der Waals surface area contributed by atoms with E-state index in [2.05, 4.69) is 182 Å². The van der Waals surface area contributed by atoms with Crippen LogP contribution in [0.5, 0.6) is 0 Å².